The number of hydrogen-bond acceptors (Lipinski definition) is 2. The van der Waals surface area contributed by atoms with E-state index in [9.17, 15) is 5.26 Å². The number of allylic oxidation sites excluding steroid dienone is 1. The molecule has 0 fully saturated rings. The largest absolute Gasteiger partial charge is 0.380 e. The fourth-order valence-corrected chi connectivity index (χ4v) is 2.79. The van der Waals surface area contributed by atoms with Gasteiger partial charge in [0.1, 0.15) is 5.41 Å². The summed E-state index contributed by atoms with van der Waals surface area (Å²) in [4.78, 5) is 0. The SMILES string of the molecule is C=CCC(C#N)(COCC[Si](C)(C)C)c1ccccc1. The Balaban J connectivity index is 2.75. The van der Waals surface area contributed by atoms with Crippen molar-refractivity contribution in [3.05, 3.63) is 48.6 Å². The van der Waals surface area contributed by atoms with Crippen LogP contribution in [0.1, 0.15) is 12.0 Å². The van der Waals surface area contributed by atoms with E-state index in [1.165, 1.54) is 0 Å². The van der Waals surface area contributed by atoms with Gasteiger partial charge in [-0.1, -0.05) is 56.0 Å². The topological polar surface area (TPSA) is 33.0 Å². The van der Waals surface area contributed by atoms with E-state index in [1.54, 1.807) is 6.08 Å². The van der Waals surface area contributed by atoms with E-state index >= 15 is 0 Å². The molecule has 0 aliphatic carbocycles. The third kappa shape index (κ3) is 4.95. The van der Waals surface area contributed by atoms with E-state index in [0.717, 1.165) is 18.2 Å². The van der Waals surface area contributed by atoms with Crippen LogP contribution in [0.15, 0.2) is 43.0 Å². The van der Waals surface area contributed by atoms with Gasteiger partial charge in [0.25, 0.3) is 0 Å². The van der Waals surface area contributed by atoms with Crippen LogP contribution in [0.3, 0.4) is 0 Å². The maximum atomic E-state index is 9.65. The zero-order chi connectivity index (χ0) is 15.1. The molecule has 0 N–H and O–H groups in total. The highest BCUT2D eigenvalue weighted by atomic mass is 28.3. The Morgan fingerprint density at radius 2 is 1.95 bits per heavy atom. The summed E-state index contributed by atoms with van der Waals surface area (Å²) in [5, 5.41) is 9.65. The molecule has 2 nitrogen and oxygen atoms in total. The summed E-state index contributed by atoms with van der Waals surface area (Å²) in [6, 6.07) is 13.5. The molecular formula is C17H25NOSi. The quantitative estimate of drug-likeness (QED) is 0.404. The first-order valence-electron chi connectivity index (χ1n) is 7.09. The van der Waals surface area contributed by atoms with Crippen LogP contribution in [0.4, 0.5) is 0 Å². The average molecular weight is 287 g/mol. The van der Waals surface area contributed by atoms with Crippen molar-refractivity contribution in [1.82, 2.24) is 0 Å². The van der Waals surface area contributed by atoms with Crippen LogP contribution in [-0.2, 0) is 10.2 Å². The Labute approximate surface area is 124 Å². The third-order valence-electron chi connectivity index (χ3n) is 3.38. The van der Waals surface area contributed by atoms with Crippen molar-refractivity contribution in [3.63, 3.8) is 0 Å². The lowest BCUT2D eigenvalue weighted by Gasteiger charge is -2.26. The second-order valence-electron chi connectivity index (χ2n) is 6.42. The average Bonchev–Trinajstić information content (AvgIpc) is 2.42. The number of rotatable bonds is 8. The smallest absolute Gasteiger partial charge is 0.109 e. The molecule has 108 valence electrons. The minimum Gasteiger partial charge on any atom is -0.380 e. The Morgan fingerprint density at radius 3 is 2.45 bits per heavy atom. The standard InChI is InChI=1S/C17H25NOSi/c1-5-11-17(14-18,16-9-7-6-8-10-16)15-19-12-13-20(2,3)4/h5-10H,1,11-13,15H2,2-4H3. The summed E-state index contributed by atoms with van der Waals surface area (Å²) < 4.78 is 5.84. The maximum absolute atomic E-state index is 9.65. The molecule has 3 heteroatoms. The molecule has 0 aliphatic rings. The first kappa shape index (κ1) is 16.7. The Morgan fingerprint density at radius 1 is 1.30 bits per heavy atom. The van der Waals surface area contributed by atoms with Gasteiger partial charge in [0.2, 0.25) is 0 Å². The summed E-state index contributed by atoms with van der Waals surface area (Å²) >= 11 is 0. The number of nitrogens with zero attached hydrogens (tertiary/aromatic N) is 1. The fraction of sp³-hybridized carbons (Fsp3) is 0.471. The van der Waals surface area contributed by atoms with Gasteiger partial charge in [-0.3, -0.25) is 0 Å². The molecule has 1 aromatic rings. The highest BCUT2D eigenvalue weighted by Crippen LogP contribution is 2.28. The van der Waals surface area contributed by atoms with Gasteiger partial charge in [-0.15, -0.1) is 6.58 Å². The van der Waals surface area contributed by atoms with Crippen molar-refractivity contribution >= 4 is 8.07 Å². The number of hydrogen-bond donors (Lipinski definition) is 0. The lowest BCUT2D eigenvalue weighted by atomic mass is 9.80. The zero-order valence-corrected chi connectivity index (χ0v) is 13.9. The van der Waals surface area contributed by atoms with Crippen LogP contribution >= 0.6 is 0 Å². The van der Waals surface area contributed by atoms with Crippen molar-refractivity contribution in [1.29, 1.82) is 5.26 Å². The molecule has 1 atom stereocenters. The van der Waals surface area contributed by atoms with Gasteiger partial charge < -0.3 is 4.74 Å². The number of nitriles is 1. The highest BCUT2D eigenvalue weighted by Gasteiger charge is 2.31. The van der Waals surface area contributed by atoms with E-state index < -0.39 is 13.5 Å². The molecule has 1 rings (SSSR count). The first-order chi connectivity index (χ1) is 9.43. The summed E-state index contributed by atoms with van der Waals surface area (Å²) in [5.41, 5.74) is 0.401. The molecule has 0 amide bonds. The molecule has 1 aromatic carbocycles. The number of benzene rings is 1. The molecule has 0 bridgehead atoms. The molecule has 0 saturated heterocycles. The van der Waals surface area contributed by atoms with Gasteiger partial charge in [-0.05, 0) is 18.0 Å². The van der Waals surface area contributed by atoms with E-state index in [1.807, 2.05) is 30.3 Å². The van der Waals surface area contributed by atoms with Crippen molar-refractivity contribution in [2.75, 3.05) is 13.2 Å². The predicted octanol–water partition coefficient (Wildman–Crippen LogP) is 4.38. The molecule has 0 aromatic heterocycles. The van der Waals surface area contributed by atoms with Crippen LogP contribution < -0.4 is 0 Å². The van der Waals surface area contributed by atoms with E-state index in [2.05, 4.69) is 32.3 Å². The van der Waals surface area contributed by atoms with Crippen molar-refractivity contribution in [3.8, 4) is 6.07 Å². The van der Waals surface area contributed by atoms with Crippen molar-refractivity contribution in [2.45, 2.75) is 37.5 Å². The second kappa shape index (κ2) is 7.42. The summed E-state index contributed by atoms with van der Waals surface area (Å²) in [7, 11) is -1.09. The van der Waals surface area contributed by atoms with E-state index in [4.69, 9.17) is 4.74 Å². The van der Waals surface area contributed by atoms with Gasteiger partial charge in [0, 0.05) is 14.7 Å². The molecular weight excluding hydrogens is 262 g/mol. The van der Waals surface area contributed by atoms with E-state index in [-0.39, 0.29) is 0 Å². The minimum absolute atomic E-state index is 0.435. The fourth-order valence-electron chi connectivity index (χ4n) is 2.03. The van der Waals surface area contributed by atoms with Crippen molar-refractivity contribution < 1.29 is 4.74 Å². The van der Waals surface area contributed by atoms with Crippen LogP contribution in [-0.4, -0.2) is 21.3 Å². The molecule has 0 aliphatic heterocycles. The van der Waals surface area contributed by atoms with Gasteiger partial charge in [0.05, 0.1) is 12.7 Å². The highest BCUT2D eigenvalue weighted by molar-refractivity contribution is 6.76. The second-order valence-corrected chi connectivity index (χ2v) is 12.0. The molecule has 0 spiro atoms. The zero-order valence-electron chi connectivity index (χ0n) is 12.9. The first-order valence-corrected chi connectivity index (χ1v) is 10.8. The molecule has 0 heterocycles. The molecule has 1 unspecified atom stereocenters. The minimum atomic E-state index is -1.09. The predicted molar refractivity (Wildman–Crippen MR) is 87.5 cm³/mol. The molecule has 0 saturated carbocycles. The molecule has 0 radical (unpaired) electrons. The monoisotopic (exact) mass is 287 g/mol. The molecule has 20 heavy (non-hydrogen) atoms. The normalized spacial score (nSPS) is 14.3. The Bertz CT molecular complexity index is 458. The van der Waals surface area contributed by atoms with Gasteiger partial charge in [-0.25, -0.2) is 0 Å². The van der Waals surface area contributed by atoms with Crippen LogP contribution in [0, 0.1) is 11.3 Å². The number of ether oxygens (including phenoxy) is 1. The van der Waals surface area contributed by atoms with E-state index in [0.29, 0.717) is 13.0 Å². The summed E-state index contributed by atoms with van der Waals surface area (Å²) in [6.45, 7) is 11.9. The lowest BCUT2D eigenvalue weighted by molar-refractivity contribution is 0.112. The maximum Gasteiger partial charge on any atom is 0.109 e. The third-order valence-corrected chi connectivity index (χ3v) is 5.08. The van der Waals surface area contributed by atoms with Crippen molar-refractivity contribution in [2.24, 2.45) is 0 Å². The Kier molecular flexibility index (Phi) is 6.19. The lowest BCUT2D eigenvalue weighted by Crippen LogP contribution is -2.31. The Hall–Kier alpha value is -1.37. The van der Waals surface area contributed by atoms with Gasteiger partial charge in [0.15, 0.2) is 0 Å². The van der Waals surface area contributed by atoms with Crippen LogP contribution in [0.5, 0.6) is 0 Å². The summed E-state index contributed by atoms with van der Waals surface area (Å²) in [5.74, 6) is 0. The summed E-state index contributed by atoms with van der Waals surface area (Å²) in [6.07, 6.45) is 2.42. The van der Waals surface area contributed by atoms with Gasteiger partial charge >= 0.3 is 0 Å². The van der Waals surface area contributed by atoms with Gasteiger partial charge in [-0.2, -0.15) is 5.26 Å². The van der Waals surface area contributed by atoms with Crippen LogP contribution in [0.2, 0.25) is 25.7 Å². The van der Waals surface area contributed by atoms with Crippen LogP contribution in [0.25, 0.3) is 0 Å².